The van der Waals surface area contributed by atoms with Gasteiger partial charge in [0, 0.05) is 37.1 Å². The van der Waals surface area contributed by atoms with Crippen molar-refractivity contribution in [2.75, 3.05) is 20.1 Å². The van der Waals surface area contributed by atoms with E-state index in [-0.39, 0.29) is 5.41 Å². The second-order valence-corrected chi connectivity index (χ2v) is 11.1. The quantitative estimate of drug-likeness (QED) is 0.522. The van der Waals surface area contributed by atoms with Crippen LogP contribution in [0.15, 0.2) is 48.5 Å². The van der Waals surface area contributed by atoms with Crippen molar-refractivity contribution in [1.29, 1.82) is 0 Å². The van der Waals surface area contributed by atoms with Gasteiger partial charge in [-0.25, -0.2) is 9.78 Å². The van der Waals surface area contributed by atoms with E-state index in [4.69, 9.17) is 4.98 Å². The number of hydrogen-bond donors (Lipinski definition) is 1. The summed E-state index contributed by atoms with van der Waals surface area (Å²) in [5.41, 5.74) is 5.05. The Hall–Kier alpha value is -2.86. The van der Waals surface area contributed by atoms with Crippen molar-refractivity contribution in [1.82, 2.24) is 19.4 Å². The van der Waals surface area contributed by atoms with Gasteiger partial charge in [-0.05, 0) is 81.7 Å². The fraction of sp³-hybridized carbons (Fsp3) is 0.517. The van der Waals surface area contributed by atoms with Gasteiger partial charge in [0.1, 0.15) is 5.82 Å². The molecule has 2 saturated heterocycles. The molecule has 0 radical (unpaired) electrons. The largest absolute Gasteiger partial charge is 0.465 e. The molecule has 3 heterocycles. The van der Waals surface area contributed by atoms with Gasteiger partial charge >= 0.3 is 6.09 Å². The number of likely N-dealkylation sites (N-methyl/N-ethyl adjacent to an activating group) is 1. The number of hydrogen-bond acceptors (Lipinski definition) is 3. The molecule has 2 fully saturated rings. The first-order chi connectivity index (χ1) is 16.9. The molecule has 1 aromatic heterocycles. The Balaban J connectivity index is 1.22. The monoisotopic (exact) mass is 472 g/mol. The molecule has 0 spiro atoms. The van der Waals surface area contributed by atoms with Crippen LogP contribution in [-0.4, -0.2) is 62.8 Å². The standard InChI is InChI=1S/C29H36N4O2/c1-20-30-26-9-5-6-10-27(26)33(20)24-17-22-11-12-23(18-24)32(22)16-15-29(19-31(2)28(34)35)14-13-21-7-3-4-8-25(21)29/h3-10,22-24H,11-19H2,1-2H3,(H,34,35)/t22-,23+,24?,29?. The van der Waals surface area contributed by atoms with E-state index in [1.165, 1.54) is 47.2 Å². The van der Waals surface area contributed by atoms with Gasteiger partial charge in [-0.15, -0.1) is 0 Å². The summed E-state index contributed by atoms with van der Waals surface area (Å²) in [6, 6.07) is 18.9. The van der Waals surface area contributed by atoms with Crippen molar-refractivity contribution in [3.63, 3.8) is 0 Å². The van der Waals surface area contributed by atoms with Crippen LogP contribution < -0.4 is 0 Å². The van der Waals surface area contributed by atoms with Crippen molar-refractivity contribution < 1.29 is 9.90 Å². The summed E-state index contributed by atoms with van der Waals surface area (Å²) >= 11 is 0. The zero-order valence-electron chi connectivity index (χ0n) is 20.9. The average molecular weight is 473 g/mol. The van der Waals surface area contributed by atoms with Crippen LogP contribution in [0.2, 0.25) is 0 Å². The van der Waals surface area contributed by atoms with Crippen molar-refractivity contribution in [2.24, 2.45) is 0 Å². The smallest absolute Gasteiger partial charge is 0.407 e. The minimum Gasteiger partial charge on any atom is -0.465 e. The molecule has 6 rings (SSSR count). The number of amides is 1. The molecule has 3 aliphatic rings. The maximum Gasteiger partial charge on any atom is 0.407 e. The number of benzene rings is 2. The first-order valence-electron chi connectivity index (χ1n) is 13.2. The number of carboxylic acid groups (broad SMARTS) is 1. The van der Waals surface area contributed by atoms with Crippen LogP contribution >= 0.6 is 0 Å². The lowest BCUT2D eigenvalue weighted by atomic mass is 9.77. The van der Waals surface area contributed by atoms with E-state index in [0.717, 1.165) is 37.1 Å². The van der Waals surface area contributed by atoms with Gasteiger partial charge in [-0.3, -0.25) is 4.90 Å². The predicted octanol–water partition coefficient (Wildman–Crippen LogP) is 5.40. The summed E-state index contributed by atoms with van der Waals surface area (Å²) in [4.78, 5) is 20.8. The van der Waals surface area contributed by atoms with Gasteiger partial charge in [0.05, 0.1) is 11.0 Å². The van der Waals surface area contributed by atoms with Gasteiger partial charge in [-0.2, -0.15) is 0 Å². The second kappa shape index (κ2) is 8.66. The van der Waals surface area contributed by atoms with E-state index in [2.05, 4.69) is 64.9 Å². The fourth-order valence-corrected chi connectivity index (χ4v) is 7.58. The molecule has 4 atom stereocenters. The Labute approximate surface area is 207 Å². The molecular weight excluding hydrogens is 436 g/mol. The highest BCUT2D eigenvalue weighted by Crippen LogP contribution is 2.46. The van der Waals surface area contributed by atoms with Crippen LogP contribution in [-0.2, 0) is 11.8 Å². The summed E-state index contributed by atoms with van der Waals surface area (Å²) in [6.45, 7) is 3.77. The number of aromatic nitrogens is 2. The maximum absolute atomic E-state index is 11.7. The van der Waals surface area contributed by atoms with Crippen LogP contribution in [0.1, 0.15) is 61.5 Å². The number of aryl methyl sites for hydroxylation is 2. The van der Waals surface area contributed by atoms with E-state index in [0.29, 0.717) is 24.7 Å². The lowest BCUT2D eigenvalue weighted by Crippen LogP contribution is -2.47. The number of nitrogens with zero attached hydrogens (tertiary/aromatic N) is 4. The van der Waals surface area contributed by atoms with Crippen molar-refractivity contribution in [3.8, 4) is 0 Å². The normalized spacial score (nSPS) is 27.9. The number of piperidine rings is 1. The molecule has 2 aliphatic heterocycles. The first kappa shape index (κ1) is 22.6. The van der Waals surface area contributed by atoms with Gasteiger partial charge in [-0.1, -0.05) is 36.4 Å². The van der Waals surface area contributed by atoms with Crippen molar-refractivity contribution >= 4 is 17.1 Å². The van der Waals surface area contributed by atoms with Crippen LogP contribution in [0.25, 0.3) is 11.0 Å². The number of rotatable bonds is 6. The minimum absolute atomic E-state index is 0.0862. The van der Waals surface area contributed by atoms with Gasteiger partial charge in [0.15, 0.2) is 0 Å². The molecule has 1 aliphatic carbocycles. The summed E-state index contributed by atoms with van der Waals surface area (Å²) in [5, 5.41) is 9.64. The minimum atomic E-state index is -0.836. The number of para-hydroxylation sites is 2. The SMILES string of the molecule is Cc1nc2ccccc2n1C1C[C@H]2CC[C@@H](C1)N2CCC1(CN(C)C(=O)O)CCc2ccccc21. The lowest BCUT2D eigenvalue weighted by Gasteiger charge is -2.42. The fourth-order valence-electron chi connectivity index (χ4n) is 7.58. The Kier molecular flexibility index (Phi) is 5.59. The number of carbonyl (C=O) groups is 1. The number of imidazole rings is 1. The molecule has 2 aromatic carbocycles. The molecular formula is C29H36N4O2. The molecule has 6 nitrogen and oxygen atoms in total. The predicted molar refractivity (Wildman–Crippen MR) is 138 cm³/mol. The molecule has 2 bridgehead atoms. The maximum atomic E-state index is 11.7. The molecule has 35 heavy (non-hydrogen) atoms. The van der Waals surface area contributed by atoms with E-state index in [1.54, 1.807) is 7.05 Å². The van der Waals surface area contributed by atoms with Crippen LogP contribution in [0, 0.1) is 6.92 Å². The Bertz CT molecular complexity index is 1240. The highest BCUT2D eigenvalue weighted by molar-refractivity contribution is 5.76. The summed E-state index contributed by atoms with van der Waals surface area (Å²) in [7, 11) is 1.72. The molecule has 2 unspecified atom stereocenters. The molecule has 6 heteroatoms. The molecule has 1 amide bonds. The Morgan fingerprint density at radius 3 is 2.57 bits per heavy atom. The highest BCUT2D eigenvalue weighted by Gasteiger charge is 2.45. The third kappa shape index (κ3) is 3.83. The zero-order valence-corrected chi connectivity index (χ0v) is 20.9. The van der Waals surface area contributed by atoms with Crippen LogP contribution in [0.5, 0.6) is 0 Å². The van der Waals surface area contributed by atoms with Gasteiger partial charge in [0.2, 0.25) is 0 Å². The molecule has 184 valence electrons. The van der Waals surface area contributed by atoms with Crippen molar-refractivity contribution in [3.05, 3.63) is 65.5 Å². The molecule has 0 saturated carbocycles. The average Bonchev–Trinajstić information content (AvgIpc) is 3.46. The number of fused-ring (bicyclic) bond motifs is 4. The van der Waals surface area contributed by atoms with Crippen LogP contribution in [0.3, 0.4) is 0 Å². The van der Waals surface area contributed by atoms with Crippen molar-refractivity contribution in [2.45, 2.75) is 75.4 Å². The summed E-state index contributed by atoms with van der Waals surface area (Å²) < 4.78 is 2.49. The topological polar surface area (TPSA) is 61.6 Å². The Morgan fingerprint density at radius 2 is 1.80 bits per heavy atom. The van der Waals surface area contributed by atoms with E-state index < -0.39 is 6.09 Å². The summed E-state index contributed by atoms with van der Waals surface area (Å²) in [6.07, 6.45) is 7.16. The van der Waals surface area contributed by atoms with Crippen LogP contribution in [0.4, 0.5) is 4.79 Å². The highest BCUT2D eigenvalue weighted by atomic mass is 16.4. The summed E-state index contributed by atoms with van der Waals surface area (Å²) in [5.74, 6) is 1.13. The third-order valence-electron chi connectivity index (χ3n) is 9.17. The first-order valence-corrected chi connectivity index (χ1v) is 13.2. The molecule has 1 N–H and O–H groups in total. The zero-order chi connectivity index (χ0) is 24.2. The van der Waals surface area contributed by atoms with Gasteiger partial charge in [0.25, 0.3) is 0 Å². The Morgan fingerprint density at radius 1 is 1.09 bits per heavy atom. The second-order valence-electron chi connectivity index (χ2n) is 11.1. The lowest BCUT2D eigenvalue weighted by molar-refractivity contribution is 0.0905. The third-order valence-corrected chi connectivity index (χ3v) is 9.17. The van der Waals surface area contributed by atoms with E-state index in [1.807, 2.05) is 0 Å². The molecule has 3 aromatic rings. The van der Waals surface area contributed by atoms with E-state index in [9.17, 15) is 9.90 Å². The van der Waals surface area contributed by atoms with E-state index >= 15 is 0 Å². The van der Waals surface area contributed by atoms with Gasteiger partial charge < -0.3 is 14.6 Å².